The summed E-state index contributed by atoms with van der Waals surface area (Å²) < 4.78 is 14.9. The largest absolute Gasteiger partial charge is 0.363 e. The number of nitrogens with zero attached hydrogens (tertiary/aromatic N) is 4. The number of rotatable bonds is 3. The molecule has 0 radical (unpaired) electrons. The van der Waals surface area contributed by atoms with Gasteiger partial charge in [0.1, 0.15) is 11.6 Å². The first-order chi connectivity index (χ1) is 14.9. The number of hydrogen-bond acceptors (Lipinski definition) is 4. The van der Waals surface area contributed by atoms with Crippen molar-refractivity contribution in [2.75, 3.05) is 18.4 Å². The fourth-order valence-corrected chi connectivity index (χ4v) is 4.77. The van der Waals surface area contributed by atoms with Gasteiger partial charge in [0.2, 0.25) is 5.91 Å². The Morgan fingerprint density at radius 3 is 2.81 bits per heavy atom. The number of benzene rings is 1. The number of fused-ring (bicyclic) bond motifs is 1. The quantitative estimate of drug-likeness (QED) is 0.706. The molecule has 1 spiro atoms. The molecule has 7 heteroatoms. The molecule has 1 atom stereocenters. The van der Waals surface area contributed by atoms with Crippen LogP contribution >= 0.6 is 0 Å². The lowest BCUT2D eigenvalue weighted by Crippen LogP contribution is -2.45. The molecule has 6 nitrogen and oxygen atoms in total. The summed E-state index contributed by atoms with van der Waals surface area (Å²) in [7, 11) is 1.92. The van der Waals surface area contributed by atoms with E-state index in [-0.39, 0.29) is 17.3 Å². The first-order valence-corrected chi connectivity index (χ1v) is 10.7. The average molecular weight is 420 g/mol. The molecular weight excluding hydrogens is 393 g/mol. The van der Waals surface area contributed by atoms with Gasteiger partial charge in [-0.1, -0.05) is 12.1 Å². The SMILES string of the molecule is Cc1nc2c(cc1-c1cnn(C)c1)CC[C@@]1(CCN(C(=O)Cc3ccc(F)cc3)C1)N2. The Morgan fingerprint density at radius 2 is 2.06 bits per heavy atom. The van der Waals surface area contributed by atoms with E-state index in [1.165, 1.54) is 17.7 Å². The second kappa shape index (κ2) is 7.48. The lowest BCUT2D eigenvalue weighted by molar-refractivity contribution is -0.129. The fraction of sp³-hybridized carbons (Fsp3) is 0.375. The minimum atomic E-state index is -0.282. The van der Waals surface area contributed by atoms with Crippen LogP contribution < -0.4 is 5.32 Å². The van der Waals surface area contributed by atoms with E-state index in [1.807, 2.05) is 31.3 Å². The van der Waals surface area contributed by atoms with Crippen molar-refractivity contribution >= 4 is 11.7 Å². The van der Waals surface area contributed by atoms with E-state index in [0.717, 1.165) is 54.0 Å². The Labute approximate surface area is 181 Å². The van der Waals surface area contributed by atoms with Gasteiger partial charge >= 0.3 is 0 Å². The molecule has 1 aromatic carbocycles. The summed E-state index contributed by atoms with van der Waals surface area (Å²) in [4.78, 5) is 19.6. The van der Waals surface area contributed by atoms with Crippen LogP contribution in [-0.2, 0) is 24.7 Å². The Balaban J connectivity index is 1.30. The third-order valence-electron chi connectivity index (χ3n) is 6.54. The zero-order valence-electron chi connectivity index (χ0n) is 17.9. The van der Waals surface area contributed by atoms with Crippen LogP contribution in [0.4, 0.5) is 10.2 Å². The van der Waals surface area contributed by atoms with Crippen molar-refractivity contribution in [2.45, 2.75) is 38.1 Å². The van der Waals surface area contributed by atoms with Gasteiger partial charge in [-0.3, -0.25) is 9.48 Å². The van der Waals surface area contributed by atoms with Gasteiger partial charge in [0.05, 0.1) is 18.2 Å². The van der Waals surface area contributed by atoms with E-state index in [1.54, 1.807) is 16.8 Å². The number of likely N-dealkylation sites (tertiary alicyclic amines) is 1. The number of halogens is 1. The molecule has 4 heterocycles. The number of pyridine rings is 1. The number of anilines is 1. The van der Waals surface area contributed by atoms with Crippen molar-refractivity contribution in [1.29, 1.82) is 0 Å². The van der Waals surface area contributed by atoms with Crippen LogP contribution in [0, 0.1) is 12.7 Å². The monoisotopic (exact) mass is 419 g/mol. The molecule has 2 aromatic heterocycles. The van der Waals surface area contributed by atoms with E-state index in [4.69, 9.17) is 4.98 Å². The van der Waals surface area contributed by atoms with Crippen molar-refractivity contribution < 1.29 is 9.18 Å². The van der Waals surface area contributed by atoms with Crippen LogP contribution in [0.1, 0.15) is 29.7 Å². The number of amides is 1. The maximum absolute atomic E-state index is 13.1. The standard InChI is InChI=1S/C24H26FN5O/c1-16-21(19-13-26-29(2)14-19)12-18-7-8-24(28-23(18)27-16)9-10-30(15-24)22(31)11-17-3-5-20(25)6-4-17/h3-6,12-14H,7-11,15H2,1-2H3,(H,27,28)/t24-/m0/s1. The molecule has 1 saturated heterocycles. The van der Waals surface area contributed by atoms with Gasteiger partial charge in [0.25, 0.3) is 0 Å². The lowest BCUT2D eigenvalue weighted by Gasteiger charge is -2.36. The van der Waals surface area contributed by atoms with Crippen LogP contribution in [0.25, 0.3) is 11.1 Å². The molecule has 0 aliphatic carbocycles. The van der Waals surface area contributed by atoms with Gasteiger partial charge in [-0.2, -0.15) is 5.10 Å². The van der Waals surface area contributed by atoms with Gasteiger partial charge in [-0.25, -0.2) is 9.37 Å². The van der Waals surface area contributed by atoms with Gasteiger partial charge in [0.15, 0.2) is 0 Å². The van der Waals surface area contributed by atoms with Crippen molar-refractivity contribution in [1.82, 2.24) is 19.7 Å². The lowest BCUT2D eigenvalue weighted by atomic mass is 9.86. The highest BCUT2D eigenvalue weighted by molar-refractivity contribution is 5.79. The third kappa shape index (κ3) is 3.80. The summed E-state index contributed by atoms with van der Waals surface area (Å²) >= 11 is 0. The zero-order chi connectivity index (χ0) is 21.6. The molecule has 31 heavy (non-hydrogen) atoms. The maximum atomic E-state index is 13.1. The van der Waals surface area contributed by atoms with Crippen LogP contribution in [0.5, 0.6) is 0 Å². The molecule has 0 bridgehead atoms. The van der Waals surface area contributed by atoms with Crippen molar-refractivity contribution in [3.63, 3.8) is 0 Å². The first-order valence-electron chi connectivity index (χ1n) is 10.7. The molecule has 1 fully saturated rings. The van der Waals surface area contributed by atoms with E-state index in [0.29, 0.717) is 13.0 Å². The molecular formula is C24H26FN5O. The summed E-state index contributed by atoms with van der Waals surface area (Å²) in [5.41, 5.74) is 5.10. The molecule has 1 amide bonds. The predicted molar refractivity (Wildman–Crippen MR) is 117 cm³/mol. The number of aryl methyl sites for hydroxylation is 3. The topological polar surface area (TPSA) is 63.1 Å². The summed E-state index contributed by atoms with van der Waals surface area (Å²) in [6.45, 7) is 3.44. The summed E-state index contributed by atoms with van der Waals surface area (Å²) in [6.07, 6.45) is 7.00. The maximum Gasteiger partial charge on any atom is 0.227 e. The Bertz CT molecular complexity index is 1140. The second-order valence-corrected chi connectivity index (χ2v) is 8.81. The van der Waals surface area contributed by atoms with Crippen molar-refractivity contribution in [2.24, 2.45) is 7.05 Å². The van der Waals surface area contributed by atoms with Crippen LogP contribution in [0.15, 0.2) is 42.7 Å². The Kier molecular flexibility index (Phi) is 4.76. The first kappa shape index (κ1) is 19.7. The molecule has 0 saturated carbocycles. The molecule has 0 unspecified atom stereocenters. The normalized spacial score (nSPS) is 20.0. The average Bonchev–Trinajstić information content (AvgIpc) is 3.36. The minimum absolute atomic E-state index is 0.0899. The summed E-state index contributed by atoms with van der Waals surface area (Å²) in [5.74, 6) is 0.743. The molecule has 3 aromatic rings. The number of carbonyl (C=O) groups is 1. The minimum Gasteiger partial charge on any atom is -0.363 e. The highest BCUT2D eigenvalue weighted by Crippen LogP contribution is 2.38. The second-order valence-electron chi connectivity index (χ2n) is 8.81. The molecule has 2 aliphatic rings. The molecule has 160 valence electrons. The van der Waals surface area contributed by atoms with Crippen LogP contribution in [0.2, 0.25) is 0 Å². The van der Waals surface area contributed by atoms with Crippen LogP contribution in [-0.4, -0.2) is 44.2 Å². The van der Waals surface area contributed by atoms with Gasteiger partial charge in [0, 0.05) is 43.2 Å². The highest BCUT2D eigenvalue weighted by atomic mass is 19.1. The van der Waals surface area contributed by atoms with Gasteiger partial charge in [-0.05, 0) is 55.5 Å². The van der Waals surface area contributed by atoms with Gasteiger partial charge < -0.3 is 10.2 Å². The van der Waals surface area contributed by atoms with Crippen molar-refractivity contribution in [3.8, 4) is 11.1 Å². The molecule has 2 aliphatic heterocycles. The molecule has 5 rings (SSSR count). The van der Waals surface area contributed by atoms with E-state index >= 15 is 0 Å². The fourth-order valence-electron chi connectivity index (χ4n) is 4.77. The summed E-state index contributed by atoms with van der Waals surface area (Å²) in [6, 6.07) is 8.39. The third-order valence-corrected chi connectivity index (χ3v) is 6.54. The number of hydrogen-bond donors (Lipinski definition) is 1. The number of nitrogens with one attached hydrogen (secondary N) is 1. The Morgan fingerprint density at radius 1 is 1.26 bits per heavy atom. The summed E-state index contributed by atoms with van der Waals surface area (Å²) in [5, 5.41) is 7.96. The zero-order valence-corrected chi connectivity index (χ0v) is 17.9. The predicted octanol–water partition coefficient (Wildman–Crippen LogP) is 3.50. The van der Waals surface area contributed by atoms with Crippen LogP contribution in [0.3, 0.4) is 0 Å². The Hall–Kier alpha value is -3.22. The van der Waals surface area contributed by atoms with Gasteiger partial charge in [-0.15, -0.1) is 0 Å². The van der Waals surface area contributed by atoms with E-state index in [2.05, 4.69) is 16.5 Å². The number of carbonyl (C=O) groups excluding carboxylic acids is 1. The highest BCUT2D eigenvalue weighted by Gasteiger charge is 2.42. The van der Waals surface area contributed by atoms with E-state index in [9.17, 15) is 9.18 Å². The van der Waals surface area contributed by atoms with Crippen molar-refractivity contribution in [3.05, 3.63) is 65.4 Å². The van der Waals surface area contributed by atoms with E-state index < -0.39 is 0 Å². The number of aromatic nitrogens is 3. The smallest absolute Gasteiger partial charge is 0.227 e. The molecule has 1 N–H and O–H groups in total.